The Bertz CT molecular complexity index is 460. The van der Waals surface area contributed by atoms with E-state index in [1.54, 1.807) is 12.1 Å². The summed E-state index contributed by atoms with van der Waals surface area (Å²) >= 11 is 0. The number of anilines is 1. The summed E-state index contributed by atoms with van der Waals surface area (Å²) in [6, 6.07) is 2.94. The van der Waals surface area contributed by atoms with Crippen LogP contribution in [0.4, 0.5) is 10.5 Å². The van der Waals surface area contributed by atoms with Crippen molar-refractivity contribution in [1.82, 2.24) is 15.2 Å². The second kappa shape index (κ2) is 8.91. The van der Waals surface area contributed by atoms with Crippen LogP contribution in [0, 0.1) is 0 Å². The lowest BCUT2D eigenvalue weighted by Crippen LogP contribution is -2.30. The standard InChI is InChI=1S/C14H22N4O3/c1-18(2)8-4-3-7-15-14(21)17-12-6-5-11(16-10-12)9-13(19)20/h5-6,10H,3-4,7-9H2,1-2H3,(H,19,20)(H2,15,17,21). The average Bonchev–Trinajstić information content (AvgIpc) is 2.39. The molecule has 7 heteroatoms. The van der Waals surface area contributed by atoms with Gasteiger partial charge in [0.1, 0.15) is 0 Å². The van der Waals surface area contributed by atoms with E-state index in [2.05, 4.69) is 20.5 Å². The van der Waals surface area contributed by atoms with Crippen LogP contribution in [0.25, 0.3) is 0 Å². The van der Waals surface area contributed by atoms with Gasteiger partial charge in [-0.15, -0.1) is 0 Å². The van der Waals surface area contributed by atoms with Gasteiger partial charge in [0, 0.05) is 6.54 Å². The molecule has 0 aromatic carbocycles. The summed E-state index contributed by atoms with van der Waals surface area (Å²) in [6.07, 6.45) is 3.27. The van der Waals surface area contributed by atoms with Gasteiger partial charge in [-0.2, -0.15) is 0 Å². The zero-order valence-electron chi connectivity index (χ0n) is 12.4. The van der Waals surface area contributed by atoms with Crippen molar-refractivity contribution >= 4 is 17.7 Å². The van der Waals surface area contributed by atoms with Gasteiger partial charge in [0.2, 0.25) is 0 Å². The van der Waals surface area contributed by atoms with E-state index < -0.39 is 5.97 Å². The Morgan fingerprint density at radius 3 is 2.62 bits per heavy atom. The van der Waals surface area contributed by atoms with Crippen LogP contribution < -0.4 is 10.6 Å². The normalized spacial score (nSPS) is 10.4. The summed E-state index contributed by atoms with van der Waals surface area (Å²) in [6.45, 7) is 1.61. The predicted molar refractivity (Wildman–Crippen MR) is 80.4 cm³/mol. The van der Waals surface area contributed by atoms with E-state index in [1.165, 1.54) is 6.20 Å². The summed E-state index contributed by atoms with van der Waals surface area (Å²) < 4.78 is 0. The Hall–Kier alpha value is -2.15. The number of nitrogens with one attached hydrogen (secondary N) is 2. The van der Waals surface area contributed by atoms with Crippen molar-refractivity contribution in [1.29, 1.82) is 0 Å². The highest BCUT2D eigenvalue weighted by Crippen LogP contribution is 2.06. The molecule has 0 bridgehead atoms. The minimum absolute atomic E-state index is 0.127. The van der Waals surface area contributed by atoms with Crippen LogP contribution in [0.3, 0.4) is 0 Å². The number of hydrogen-bond acceptors (Lipinski definition) is 4. The number of carboxylic acids is 1. The second-order valence-electron chi connectivity index (χ2n) is 5.00. The molecule has 21 heavy (non-hydrogen) atoms. The largest absolute Gasteiger partial charge is 0.481 e. The van der Waals surface area contributed by atoms with Crippen molar-refractivity contribution in [3.63, 3.8) is 0 Å². The van der Waals surface area contributed by atoms with Crippen LogP contribution in [0.15, 0.2) is 18.3 Å². The lowest BCUT2D eigenvalue weighted by Gasteiger charge is -2.10. The van der Waals surface area contributed by atoms with Crippen molar-refractivity contribution in [3.05, 3.63) is 24.0 Å². The van der Waals surface area contributed by atoms with Gasteiger partial charge in [-0.05, 0) is 45.6 Å². The van der Waals surface area contributed by atoms with Crippen LogP contribution in [-0.2, 0) is 11.2 Å². The minimum Gasteiger partial charge on any atom is -0.481 e. The number of hydrogen-bond donors (Lipinski definition) is 3. The third-order valence-electron chi connectivity index (χ3n) is 2.73. The molecule has 0 radical (unpaired) electrons. The third kappa shape index (κ3) is 7.88. The molecule has 1 aromatic rings. The first kappa shape index (κ1) is 16.9. The van der Waals surface area contributed by atoms with Crippen molar-refractivity contribution in [2.24, 2.45) is 0 Å². The molecular formula is C14H22N4O3. The van der Waals surface area contributed by atoms with Gasteiger partial charge in [0.25, 0.3) is 0 Å². The lowest BCUT2D eigenvalue weighted by molar-refractivity contribution is -0.136. The number of aliphatic carboxylic acids is 1. The number of pyridine rings is 1. The first-order valence-corrected chi connectivity index (χ1v) is 6.83. The monoisotopic (exact) mass is 294 g/mol. The third-order valence-corrected chi connectivity index (χ3v) is 2.73. The molecule has 0 aliphatic carbocycles. The van der Waals surface area contributed by atoms with Crippen LogP contribution in [0.1, 0.15) is 18.5 Å². The number of amides is 2. The van der Waals surface area contributed by atoms with E-state index in [9.17, 15) is 9.59 Å². The average molecular weight is 294 g/mol. The molecule has 0 fully saturated rings. The fourth-order valence-corrected chi connectivity index (χ4v) is 1.69. The van der Waals surface area contributed by atoms with Crippen molar-refractivity contribution < 1.29 is 14.7 Å². The van der Waals surface area contributed by atoms with E-state index in [0.717, 1.165) is 19.4 Å². The highest BCUT2D eigenvalue weighted by atomic mass is 16.4. The molecule has 116 valence electrons. The van der Waals surface area contributed by atoms with Gasteiger partial charge < -0.3 is 20.6 Å². The molecular weight excluding hydrogens is 272 g/mol. The number of carbonyl (C=O) groups is 2. The van der Waals surface area contributed by atoms with Gasteiger partial charge in [-0.1, -0.05) is 0 Å². The number of unbranched alkanes of at least 4 members (excludes halogenated alkanes) is 1. The lowest BCUT2D eigenvalue weighted by atomic mass is 10.2. The fourth-order valence-electron chi connectivity index (χ4n) is 1.69. The maximum absolute atomic E-state index is 11.6. The van der Waals surface area contributed by atoms with E-state index in [0.29, 0.717) is 17.9 Å². The fraction of sp³-hybridized carbons (Fsp3) is 0.500. The minimum atomic E-state index is -0.932. The van der Waals surface area contributed by atoms with Gasteiger partial charge in [0.05, 0.1) is 24.0 Å². The summed E-state index contributed by atoms with van der Waals surface area (Å²) in [5, 5.41) is 14.0. The Morgan fingerprint density at radius 2 is 2.05 bits per heavy atom. The topological polar surface area (TPSA) is 94.6 Å². The Balaban J connectivity index is 2.26. The Labute approximate surface area is 124 Å². The zero-order valence-corrected chi connectivity index (χ0v) is 12.4. The van der Waals surface area contributed by atoms with Crippen LogP contribution in [0.2, 0.25) is 0 Å². The number of carbonyl (C=O) groups excluding carboxylic acids is 1. The SMILES string of the molecule is CN(C)CCCCNC(=O)Nc1ccc(CC(=O)O)nc1. The Morgan fingerprint density at radius 1 is 1.29 bits per heavy atom. The molecule has 0 spiro atoms. The smallest absolute Gasteiger partial charge is 0.319 e. The number of nitrogens with zero attached hydrogens (tertiary/aromatic N) is 2. The van der Waals surface area contributed by atoms with Crippen LogP contribution in [-0.4, -0.2) is 54.2 Å². The molecule has 0 aliphatic rings. The first-order valence-electron chi connectivity index (χ1n) is 6.83. The molecule has 0 atom stereocenters. The van der Waals surface area contributed by atoms with E-state index in [-0.39, 0.29) is 12.5 Å². The number of aromatic nitrogens is 1. The van der Waals surface area contributed by atoms with Crippen LogP contribution in [0.5, 0.6) is 0 Å². The molecule has 1 heterocycles. The summed E-state index contributed by atoms with van der Waals surface area (Å²) in [5.41, 5.74) is 0.993. The summed E-state index contributed by atoms with van der Waals surface area (Å²) in [4.78, 5) is 28.2. The number of rotatable bonds is 8. The van der Waals surface area contributed by atoms with Crippen molar-refractivity contribution in [2.45, 2.75) is 19.3 Å². The molecule has 2 amide bonds. The highest BCUT2D eigenvalue weighted by molar-refractivity contribution is 5.88. The first-order chi connectivity index (χ1) is 9.97. The maximum Gasteiger partial charge on any atom is 0.319 e. The van der Waals surface area contributed by atoms with E-state index in [4.69, 9.17) is 5.11 Å². The molecule has 0 saturated carbocycles. The summed E-state index contributed by atoms with van der Waals surface area (Å²) in [7, 11) is 4.03. The highest BCUT2D eigenvalue weighted by Gasteiger charge is 2.04. The Kier molecular flexibility index (Phi) is 7.17. The second-order valence-corrected chi connectivity index (χ2v) is 5.00. The van der Waals surface area contributed by atoms with Crippen molar-refractivity contribution in [2.75, 3.05) is 32.5 Å². The van der Waals surface area contributed by atoms with Gasteiger partial charge in [0.15, 0.2) is 0 Å². The number of urea groups is 1. The van der Waals surface area contributed by atoms with Crippen molar-refractivity contribution in [3.8, 4) is 0 Å². The van der Waals surface area contributed by atoms with Gasteiger partial charge >= 0.3 is 12.0 Å². The van der Waals surface area contributed by atoms with Gasteiger partial charge in [-0.25, -0.2) is 4.79 Å². The van der Waals surface area contributed by atoms with E-state index >= 15 is 0 Å². The molecule has 0 unspecified atom stereocenters. The van der Waals surface area contributed by atoms with Gasteiger partial charge in [-0.3, -0.25) is 9.78 Å². The molecule has 0 saturated heterocycles. The molecule has 1 rings (SSSR count). The summed E-state index contributed by atoms with van der Waals surface area (Å²) in [5.74, 6) is -0.932. The zero-order chi connectivity index (χ0) is 15.7. The molecule has 7 nitrogen and oxygen atoms in total. The van der Waals surface area contributed by atoms with Crippen LogP contribution >= 0.6 is 0 Å². The molecule has 0 aliphatic heterocycles. The maximum atomic E-state index is 11.6. The molecule has 1 aromatic heterocycles. The number of carboxylic acid groups (broad SMARTS) is 1. The predicted octanol–water partition coefficient (Wildman–Crippen LogP) is 1.17. The quantitative estimate of drug-likeness (QED) is 0.626. The van der Waals surface area contributed by atoms with E-state index in [1.807, 2.05) is 14.1 Å². The molecule has 3 N–H and O–H groups in total.